The Morgan fingerprint density at radius 1 is 1.56 bits per heavy atom. The molecule has 0 N–H and O–H groups in total. The van der Waals surface area contributed by atoms with Crippen LogP contribution in [0, 0.1) is 23.0 Å². The maximum Gasteiger partial charge on any atom is 0.276 e. The molecular weight excluding hydrogens is 280 g/mol. The highest BCUT2D eigenvalue weighted by atomic mass is 35.5. The van der Waals surface area contributed by atoms with Crippen LogP contribution in [0.25, 0.3) is 0 Å². The molecule has 8 heteroatoms. The van der Waals surface area contributed by atoms with Crippen molar-refractivity contribution in [3.05, 3.63) is 27.9 Å². The number of halogens is 1. The smallest absolute Gasteiger partial charge is 0.258 e. The van der Waals surface area contributed by atoms with Gasteiger partial charge < -0.3 is 0 Å². The third kappa shape index (κ3) is 3.39. The third-order valence-corrected chi connectivity index (χ3v) is 4.73. The van der Waals surface area contributed by atoms with Gasteiger partial charge in [0.25, 0.3) is 5.69 Å². The number of rotatable bonds is 5. The second-order valence-electron chi connectivity index (χ2n) is 4.11. The molecule has 18 heavy (non-hydrogen) atoms. The molecule has 0 aliphatic heterocycles. The molecule has 0 saturated carbocycles. The molecule has 1 unspecified atom stereocenters. The van der Waals surface area contributed by atoms with Gasteiger partial charge in [0.15, 0.2) is 14.9 Å². The first-order valence-corrected chi connectivity index (χ1v) is 7.36. The lowest BCUT2D eigenvalue weighted by atomic mass is 10.3. The molecule has 0 saturated heterocycles. The van der Waals surface area contributed by atoms with Crippen LogP contribution in [0.4, 0.5) is 5.69 Å². The predicted octanol–water partition coefficient (Wildman–Crippen LogP) is 1.95. The van der Waals surface area contributed by atoms with Crippen molar-refractivity contribution in [3.63, 3.8) is 0 Å². The Balaban J connectivity index is 3.18. The molecule has 1 aromatic rings. The fraction of sp³-hybridized carbons (Fsp3) is 0.500. The number of aromatic nitrogens is 1. The number of pyridine rings is 1. The summed E-state index contributed by atoms with van der Waals surface area (Å²) in [5, 5.41) is 10.5. The SMILES string of the molecule is Cc1cnc(S(=O)(=O)CC(C)CCl)cc1[N+](=O)[O-]. The molecule has 1 heterocycles. The average molecular weight is 293 g/mol. The van der Waals surface area contributed by atoms with E-state index in [-0.39, 0.29) is 28.3 Å². The predicted molar refractivity (Wildman–Crippen MR) is 67.6 cm³/mol. The number of sulfone groups is 1. The summed E-state index contributed by atoms with van der Waals surface area (Å²) in [6.45, 7) is 3.19. The molecule has 0 aromatic carbocycles. The molecule has 0 spiro atoms. The summed E-state index contributed by atoms with van der Waals surface area (Å²) >= 11 is 5.56. The minimum atomic E-state index is -3.64. The van der Waals surface area contributed by atoms with E-state index in [1.54, 1.807) is 6.92 Å². The van der Waals surface area contributed by atoms with Crippen LogP contribution in [0.5, 0.6) is 0 Å². The van der Waals surface area contributed by atoms with Gasteiger partial charge in [0, 0.05) is 17.6 Å². The zero-order valence-electron chi connectivity index (χ0n) is 9.96. The molecule has 0 fully saturated rings. The van der Waals surface area contributed by atoms with E-state index in [0.717, 1.165) is 6.07 Å². The summed E-state index contributed by atoms with van der Waals surface area (Å²) in [4.78, 5) is 13.9. The first-order chi connectivity index (χ1) is 8.27. The van der Waals surface area contributed by atoms with Crippen molar-refractivity contribution in [2.45, 2.75) is 18.9 Å². The van der Waals surface area contributed by atoms with Crippen LogP contribution >= 0.6 is 11.6 Å². The Morgan fingerprint density at radius 2 is 2.17 bits per heavy atom. The van der Waals surface area contributed by atoms with Gasteiger partial charge in [-0.2, -0.15) is 0 Å². The average Bonchev–Trinajstić information content (AvgIpc) is 2.28. The van der Waals surface area contributed by atoms with Crippen LogP contribution in [0.1, 0.15) is 12.5 Å². The second kappa shape index (κ2) is 5.62. The Labute approximate surface area is 110 Å². The molecule has 0 aliphatic carbocycles. The lowest BCUT2D eigenvalue weighted by molar-refractivity contribution is -0.385. The summed E-state index contributed by atoms with van der Waals surface area (Å²) in [5.41, 5.74) is 0.0754. The van der Waals surface area contributed by atoms with Crippen molar-refractivity contribution in [3.8, 4) is 0 Å². The summed E-state index contributed by atoms with van der Waals surface area (Å²) < 4.78 is 23.9. The van der Waals surface area contributed by atoms with Crippen LogP contribution in [0.15, 0.2) is 17.3 Å². The molecule has 1 aromatic heterocycles. The number of hydrogen-bond acceptors (Lipinski definition) is 5. The van der Waals surface area contributed by atoms with E-state index < -0.39 is 14.8 Å². The Hall–Kier alpha value is -1.21. The Bertz CT molecular complexity index is 559. The minimum Gasteiger partial charge on any atom is -0.258 e. The number of aryl methyl sites for hydroxylation is 1. The zero-order chi connectivity index (χ0) is 13.9. The first-order valence-electron chi connectivity index (χ1n) is 5.17. The van der Waals surface area contributed by atoms with E-state index in [1.807, 2.05) is 0 Å². The minimum absolute atomic E-state index is 0.177. The van der Waals surface area contributed by atoms with Crippen molar-refractivity contribution >= 4 is 27.1 Å². The summed E-state index contributed by atoms with van der Waals surface area (Å²) in [6.07, 6.45) is 1.19. The van der Waals surface area contributed by atoms with E-state index in [1.165, 1.54) is 13.1 Å². The topological polar surface area (TPSA) is 90.2 Å². The highest BCUT2D eigenvalue weighted by Gasteiger charge is 2.23. The zero-order valence-corrected chi connectivity index (χ0v) is 11.5. The first kappa shape index (κ1) is 14.8. The van der Waals surface area contributed by atoms with Crippen molar-refractivity contribution in [1.29, 1.82) is 0 Å². The van der Waals surface area contributed by atoms with Gasteiger partial charge in [0.1, 0.15) is 0 Å². The van der Waals surface area contributed by atoms with Gasteiger partial charge in [-0.3, -0.25) is 10.1 Å². The fourth-order valence-electron chi connectivity index (χ4n) is 1.37. The normalized spacial score (nSPS) is 13.3. The molecule has 0 bridgehead atoms. The van der Waals surface area contributed by atoms with Gasteiger partial charge in [-0.05, 0) is 12.8 Å². The molecule has 1 rings (SSSR count). The number of alkyl halides is 1. The molecule has 0 radical (unpaired) electrons. The van der Waals surface area contributed by atoms with E-state index >= 15 is 0 Å². The molecule has 100 valence electrons. The van der Waals surface area contributed by atoms with Gasteiger partial charge in [0.05, 0.1) is 16.7 Å². The van der Waals surface area contributed by atoms with Gasteiger partial charge in [0.2, 0.25) is 0 Å². The molecule has 0 amide bonds. The van der Waals surface area contributed by atoms with Crippen molar-refractivity contribution in [2.75, 3.05) is 11.6 Å². The van der Waals surface area contributed by atoms with Crippen molar-refractivity contribution < 1.29 is 13.3 Å². The van der Waals surface area contributed by atoms with E-state index in [2.05, 4.69) is 4.98 Å². The third-order valence-electron chi connectivity index (χ3n) is 2.33. The van der Waals surface area contributed by atoms with Crippen LogP contribution < -0.4 is 0 Å². The van der Waals surface area contributed by atoms with E-state index in [0.29, 0.717) is 5.56 Å². The maximum atomic E-state index is 11.9. The lowest BCUT2D eigenvalue weighted by Gasteiger charge is -2.08. The molecule has 6 nitrogen and oxygen atoms in total. The lowest BCUT2D eigenvalue weighted by Crippen LogP contribution is -2.16. The van der Waals surface area contributed by atoms with E-state index in [9.17, 15) is 18.5 Å². The Morgan fingerprint density at radius 3 is 2.67 bits per heavy atom. The maximum absolute atomic E-state index is 11.9. The summed E-state index contributed by atoms with van der Waals surface area (Å²) in [6, 6.07) is 0.992. The number of nitrogens with zero attached hydrogens (tertiary/aromatic N) is 2. The summed E-state index contributed by atoms with van der Waals surface area (Å²) in [5.74, 6) is -0.212. The number of nitro groups is 1. The van der Waals surface area contributed by atoms with Crippen LogP contribution in [0.2, 0.25) is 0 Å². The fourth-order valence-corrected chi connectivity index (χ4v) is 3.15. The highest BCUT2D eigenvalue weighted by molar-refractivity contribution is 7.91. The van der Waals surface area contributed by atoms with Gasteiger partial charge >= 0.3 is 0 Å². The van der Waals surface area contributed by atoms with Crippen LogP contribution in [-0.4, -0.2) is 30.0 Å². The van der Waals surface area contributed by atoms with Crippen LogP contribution in [0.3, 0.4) is 0 Å². The summed E-state index contributed by atoms with van der Waals surface area (Å²) in [7, 11) is -3.64. The van der Waals surface area contributed by atoms with Crippen LogP contribution in [-0.2, 0) is 9.84 Å². The standard InChI is InChI=1S/C10H13ClN2O4S/c1-7(4-11)6-18(16,17)10-3-9(13(14)15)8(2)5-12-10/h3,5,7H,4,6H2,1-2H3. The quantitative estimate of drug-likeness (QED) is 0.470. The Kier molecular flexibility index (Phi) is 4.64. The molecule has 0 aliphatic rings. The van der Waals surface area contributed by atoms with E-state index in [4.69, 9.17) is 11.6 Å². The second-order valence-corrected chi connectivity index (χ2v) is 6.40. The van der Waals surface area contributed by atoms with Gasteiger partial charge in [-0.15, -0.1) is 11.6 Å². The highest BCUT2D eigenvalue weighted by Crippen LogP contribution is 2.21. The van der Waals surface area contributed by atoms with Crippen molar-refractivity contribution in [2.24, 2.45) is 5.92 Å². The monoisotopic (exact) mass is 292 g/mol. The largest absolute Gasteiger partial charge is 0.276 e. The van der Waals surface area contributed by atoms with Gasteiger partial charge in [-0.1, -0.05) is 6.92 Å². The molecule has 1 atom stereocenters. The van der Waals surface area contributed by atoms with Crippen molar-refractivity contribution in [1.82, 2.24) is 4.98 Å². The number of hydrogen-bond donors (Lipinski definition) is 0. The van der Waals surface area contributed by atoms with Gasteiger partial charge in [-0.25, -0.2) is 13.4 Å². The molecular formula is C10H13ClN2O4S.